The molecule has 1 rings (SSSR count). The molecule has 0 radical (unpaired) electrons. The number of carboxylic acids is 1. The Morgan fingerprint density at radius 1 is 1.42 bits per heavy atom. The number of anilines is 1. The normalized spacial score (nSPS) is 13.3. The van der Waals surface area contributed by atoms with Crippen molar-refractivity contribution in [1.82, 2.24) is 9.97 Å². The molecule has 1 heterocycles. The van der Waals surface area contributed by atoms with Crippen LogP contribution in [0, 0.1) is 17.2 Å². The van der Waals surface area contributed by atoms with Crippen LogP contribution in [-0.4, -0.2) is 27.1 Å². The summed E-state index contributed by atoms with van der Waals surface area (Å²) in [7, 11) is 0. The molecule has 2 unspecified atom stereocenters. The van der Waals surface area contributed by atoms with Gasteiger partial charge in [0.25, 0.3) is 0 Å². The standard InChI is InChI=1S/C13H18N4O2/c1-9(13(18)19)4-3-5-10(2)17-12-11(8-14)15-6-7-16-12/h6-7,9-10H,3-5H2,1-2H3,(H,16,17)(H,18,19). The highest BCUT2D eigenvalue weighted by atomic mass is 16.4. The first-order valence-corrected chi connectivity index (χ1v) is 6.25. The zero-order valence-corrected chi connectivity index (χ0v) is 11.1. The zero-order chi connectivity index (χ0) is 14.3. The summed E-state index contributed by atoms with van der Waals surface area (Å²) in [6.45, 7) is 3.68. The maximum Gasteiger partial charge on any atom is 0.306 e. The molecule has 0 saturated heterocycles. The van der Waals surface area contributed by atoms with Gasteiger partial charge in [-0.2, -0.15) is 5.26 Å². The highest BCUT2D eigenvalue weighted by Crippen LogP contribution is 2.13. The van der Waals surface area contributed by atoms with E-state index in [-0.39, 0.29) is 17.7 Å². The largest absolute Gasteiger partial charge is 0.481 e. The Hall–Kier alpha value is -2.16. The predicted molar refractivity (Wildman–Crippen MR) is 70.5 cm³/mol. The van der Waals surface area contributed by atoms with Gasteiger partial charge in [0.2, 0.25) is 0 Å². The van der Waals surface area contributed by atoms with E-state index in [9.17, 15) is 4.79 Å². The van der Waals surface area contributed by atoms with Crippen LogP contribution in [0.2, 0.25) is 0 Å². The van der Waals surface area contributed by atoms with Crippen molar-refractivity contribution in [3.63, 3.8) is 0 Å². The van der Waals surface area contributed by atoms with Crippen molar-refractivity contribution in [1.29, 1.82) is 5.26 Å². The molecular weight excluding hydrogens is 244 g/mol. The van der Waals surface area contributed by atoms with Crippen LogP contribution >= 0.6 is 0 Å². The van der Waals surface area contributed by atoms with Gasteiger partial charge in [0.1, 0.15) is 6.07 Å². The van der Waals surface area contributed by atoms with Crippen LogP contribution in [0.1, 0.15) is 38.8 Å². The smallest absolute Gasteiger partial charge is 0.306 e. The van der Waals surface area contributed by atoms with Crippen LogP contribution in [0.3, 0.4) is 0 Å². The van der Waals surface area contributed by atoms with Gasteiger partial charge >= 0.3 is 5.97 Å². The molecular formula is C13H18N4O2. The van der Waals surface area contributed by atoms with E-state index in [1.807, 2.05) is 13.0 Å². The number of carboxylic acid groups (broad SMARTS) is 1. The van der Waals surface area contributed by atoms with Crippen molar-refractivity contribution in [2.75, 3.05) is 5.32 Å². The summed E-state index contributed by atoms with van der Waals surface area (Å²) in [6.07, 6.45) is 5.28. The molecule has 0 amide bonds. The number of nitrogens with one attached hydrogen (secondary N) is 1. The minimum Gasteiger partial charge on any atom is -0.481 e. The second-order valence-electron chi connectivity index (χ2n) is 4.58. The predicted octanol–water partition coefficient (Wildman–Crippen LogP) is 2.04. The molecule has 6 heteroatoms. The SMILES string of the molecule is CC(CCCC(C)C(=O)O)Nc1nccnc1C#N. The molecule has 0 aliphatic carbocycles. The van der Waals surface area contributed by atoms with Gasteiger partial charge in [0, 0.05) is 18.4 Å². The number of rotatable bonds is 7. The van der Waals surface area contributed by atoms with E-state index >= 15 is 0 Å². The van der Waals surface area contributed by atoms with Gasteiger partial charge < -0.3 is 10.4 Å². The van der Waals surface area contributed by atoms with E-state index in [2.05, 4.69) is 15.3 Å². The molecule has 0 aromatic carbocycles. The third-order valence-electron chi connectivity index (χ3n) is 2.88. The number of nitriles is 1. The summed E-state index contributed by atoms with van der Waals surface area (Å²) in [5.74, 6) is -0.608. The first-order valence-electron chi connectivity index (χ1n) is 6.25. The van der Waals surface area contributed by atoms with Crippen LogP contribution < -0.4 is 5.32 Å². The minimum atomic E-state index is -0.763. The van der Waals surface area contributed by atoms with E-state index in [1.54, 1.807) is 6.92 Å². The summed E-state index contributed by atoms with van der Waals surface area (Å²) >= 11 is 0. The maximum absolute atomic E-state index is 10.7. The maximum atomic E-state index is 10.7. The summed E-state index contributed by atoms with van der Waals surface area (Å²) in [5, 5.41) is 20.8. The lowest BCUT2D eigenvalue weighted by Crippen LogP contribution is -2.18. The Morgan fingerprint density at radius 2 is 2.11 bits per heavy atom. The van der Waals surface area contributed by atoms with Crippen molar-refractivity contribution < 1.29 is 9.90 Å². The molecule has 0 fully saturated rings. The van der Waals surface area contributed by atoms with Crippen LogP contribution in [0.25, 0.3) is 0 Å². The molecule has 2 atom stereocenters. The van der Waals surface area contributed by atoms with Gasteiger partial charge in [-0.3, -0.25) is 4.79 Å². The zero-order valence-electron chi connectivity index (χ0n) is 11.1. The average molecular weight is 262 g/mol. The quantitative estimate of drug-likeness (QED) is 0.780. The second kappa shape index (κ2) is 7.31. The third-order valence-corrected chi connectivity index (χ3v) is 2.88. The number of hydrogen-bond acceptors (Lipinski definition) is 5. The van der Waals surface area contributed by atoms with Crippen LogP contribution in [0.5, 0.6) is 0 Å². The first-order chi connectivity index (χ1) is 9.04. The molecule has 102 valence electrons. The van der Waals surface area contributed by atoms with Crippen LogP contribution in [0.4, 0.5) is 5.82 Å². The van der Waals surface area contributed by atoms with E-state index in [0.717, 1.165) is 12.8 Å². The molecule has 0 spiro atoms. The van der Waals surface area contributed by atoms with Crippen molar-refractivity contribution in [3.05, 3.63) is 18.1 Å². The molecule has 0 aliphatic heterocycles. The minimum absolute atomic E-state index is 0.116. The fourth-order valence-corrected chi connectivity index (χ4v) is 1.68. The van der Waals surface area contributed by atoms with Gasteiger partial charge in [-0.05, 0) is 19.8 Å². The van der Waals surface area contributed by atoms with Crippen molar-refractivity contribution in [3.8, 4) is 6.07 Å². The summed E-state index contributed by atoms with van der Waals surface area (Å²) in [5.41, 5.74) is 0.272. The molecule has 0 bridgehead atoms. The van der Waals surface area contributed by atoms with Gasteiger partial charge in [-0.1, -0.05) is 13.3 Å². The molecule has 0 saturated carbocycles. The number of nitrogens with zero attached hydrogens (tertiary/aromatic N) is 3. The fraction of sp³-hybridized carbons (Fsp3) is 0.538. The number of aliphatic carboxylic acids is 1. The molecule has 2 N–H and O–H groups in total. The topological polar surface area (TPSA) is 98.9 Å². The Labute approximate surface area is 112 Å². The van der Waals surface area contributed by atoms with Crippen molar-refractivity contribution in [2.45, 2.75) is 39.2 Å². The second-order valence-corrected chi connectivity index (χ2v) is 4.58. The number of aromatic nitrogens is 2. The van der Waals surface area contributed by atoms with Crippen molar-refractivity contribution in [2.24, 2.45) is 5.92 Å². The van der Waals surface area contributed by atoms with Crippen molar-refractivity contribution >= 4 is 11.8 Å². The third kappa shape index (κ3) is 4.92. The molecule has 0 aliphatic rings. The lowest BCUT2D eigenvalue weighted by atomic mass is 10.0. The molecule has 6 nitrogen and oxygen atoms in total. The monoisotopic (exact) mass is 262 g/mol. The highest BCUT2D eigenvalue weighted by molar-refractivity contribution is 5.69. The Morgan fingerprint density at radius 3 is 2.74 bits per heavy atom. The van der Waals surface area contributed by atoms with Gasteiger partial charge in [-0.15, -0.1) is 0 Å². The summed E-state index contributed by atoms with van der Waals surface area (Å²) in [4.78, 5) is 18.7. The van der Waals surface area contributed by atoms with Crippen LogP contribution in [0.15, 0.2) is 12.4 Å². The Kier molecular flexibility index (Phi) is 5.73. The fourth-order valence-electron chi connectivity index (χ4n) is 1.68. The van der Waals surface area contributed by atoms with Crippen LogP contribution in [-0.2, 0) is 4.79 Å². The van der Waals surface area contributed by atoms with Gasteiger partial charge in [-0.25, -0.2) is 9.97 Å². The molecule has 19 heavy (non-hydrogen) atoms. The lowest BCUT2D eigenvalue weighted by Gasteiger charge is -2.15. The highest BCUT2D eigenvalue weighted by Gasteiger charge is 2.12. The lowest BCUT2D eigenvalue weighted by molar-refractivity contribution is -0.141. The average Bonchev–Trinajstić information content (AvgIpc) is 2.39. The molecule has 1 aromatic heterocycles. The van der Waals surface area contributed by atoms with Gasteiger partial charge in [0.05, 0.1) is 5.92 Å². The summed E-state index contributed by atoms with van der Waals surface area (Å²) < 4.78 is 0. The summed E-state index contributed by atoms with van der Waals surface area (Å²) in [6, 6.07) is 2.09. The Balaban J connectivity index is 2.41. The van der Waals surface area contributed by atoms with Gasteiger partial charge in [0.15, 0.2) is 11.5 Å². The van der Waals surface area contributed by atoms with E-state index in [4.69, 9.17) is 10.4 Å². The van der Waals surface area contributed by atoms with E-state index < -0.39 is 5.97 Å². The number of carbonyl (C=O) groups is 1. The van der Waals surface area contributed by atoms with E-state index in [1.165, 1.54) is 12.4 Å². The molecule has 1 aromatic rings. The Bertz CT molecular complexity index is 470. The number of hydrogen-bond donors (Lipinski definition) is 2. The first kappa shape index (κ1) is 14.9. The van der Waals surface area contributed by atoms with E-state index in [0.29, 0.717) is 12.2 Å².